The molecule has 2 heterocycles. The molecule has 2 rings (SSSR count). The Hall–Kier alpha value is -2.38. The summed E-state index contributed by atoms with van der Waals surface area (Å²) in [5.74, 6) is 1.72. The summed E-state index contributed by atoms with van der Waals surface area (Å²) in [6.07, 6.45) is 0.982. The number of hydrogen-bond acceptors (Lipinski definition) is 8. The van der Waals surface area contributed by atoms with Gasteiger partial charge in [-0.05, 0) is 20.3 Å². The van der Waals surface area contributed by atoms with Crippen LogP contribution in [-0.2, 0) is 6.54 Å². The van der Waals surface area contributed by atoms with Crippen LogP contribution in [0.5, 0.6) is 6.01 Å². The average Bonchev–Trinajstić information content (AvgIpc) is 2.81. The molecular formula is C13H20N6O2. The summed E-state index contributed by atoms with van der Waals surface area (Å²) in [4.78, 5) is 12.6. The fraction of sp³-hybridized carbons (Fsp3) is 0.538. The SMILES string of the molecule is CCCNc1nc(NCc2c(C)noc2C)nc(OC)n1. The number of methoxy groups -OCH3 is 1. The maximum absolute atomic E-state index is 5.13. The lowest BCUT2D eigenvalue weighted by molar-refractivity contribution is 0.379. The Morgan fingerprint density at radius 3 is 2.38 bits per heavy atom. The molecule has 0 atom stereocenters. The molecule has 2 N–H and O–H groups in total. The zero-order chi connectivity index (χ0) is 15.2. The predicted molar refractivity (Wildman–Crippen MR) is 78.5 cm³/mol. The standard InChI is InChI=1S/C13H20N6O2/c1-5-6-14-11-16-12(18-13(17-11)20-4)15-7-10-8(2)19-21-9(10)3/h5-7H2,1-4H3,(H2,14,15,16,17,18). The molecule has 0 saturated heterocycles. The second-order valence-corrected chi connectivity index (χ2v) is 4.55. The summed E-state index contributed by atoms with van der Waals surface area (Å²) in [6, 6.07) is 0.268. The van der Waals surface area contributed by atoms with Crippen LogP contribution in [0.2, 0.25) is 0 Å². The van der Waals surface area contributed by atoms with E-state index in [0.717, 1.165) is 30.0 Å². The van der Waals surface area contributed by atoms with Gasteiger partial charge >= 0.3 is 6.01 Å². The van der Waals surface area contributed by atoms with Crippen LogP contribution in [0.15, 0.2) is 4.52 Å². The minimum atomic E-state index is 0.268. The molecule has 0 aliphatic heterocycles. The van der Waals surface area contributed by atoms with Crippen LogP contribution in [0.1, 0.15) is 30.4 Å². The van der Waals surface area contributed by atoms with Crippen LogP contribution >= 0.6 is 0 Å². The maximum Gasteiger partial charge on any atom is 0.322 e. The van der Waals surface area contributed by atoms with Gasteiger partial charge in [0.05, 0.1) is 12.8 Å². The van der Waals surface area contributed by atoms with E-state index in [1.807, 2.05) is 13.8 Å². The largest absolute Gasteiger partial charge is 0.467 e. The fourth-order valence-electron chi connectivity index (χ4n) is 1.76. The first-order valence-electron chi connectivity index (χ1n) is 6.83. The molecule has 0 radical (unpaired) electrons. The molecular weight excluding hydrogens is 272 g/mol. The van der Waals surface area contributed by atoms with E-state index in [4.69, 9.17) is 9.26 Å². The summed E-state index contributed by atoms with van der Waals surface area (Å²) < 4.78 is 10.2. The van der Waals surface area contributed by atoms with Gasteiger partial charge in [-0.1, -0.05) is 12.1 Å². The Labute approximate surface area is 123 Å². The molecule has 2 aromatic rings. The van der Waals surface area contributed by atoms with Gasteiger partial charge in [0.25, 0.3) is 0 Å². The van der Waals surface area contributed by atoms with Gasteiger partial charge in [0, 0.05) is 18.7 Å². The number of rotatable bonds is 7. The highest BCUT2D eigenvalue weighted by Crippen LogP contribution is 2.15. The van der Waals surface area contributed by atoms with Gasteiger partial charge in [-0.15, -0.1) is 0 Å². The summed E-state index contributed by atoms with van der Waals surface area (Å²) in [5, 5.41) is 10.2. The molecule has 0 aromatic carbocycles. The maximum atomic E-state index is 5.13. The van der Waals surface area contributed by atoms with Gasteiger partial charge in [0.1, 0.15) is 5.76 Å². The quantitative estimate of drug-likeness (QED) is 0.798. The Morgan fingerprint density at radius 1 is 1.10 bits per heavy atom. The van der Waals surface area contributed by atoms with Crippen molar-refractivity contribution in [2.75, 3.05) is 24.3 Å². The smallest absolute Gasteiger partial charge is 0.322 e. The van der Waals surface area contributed by atoms with Crippen LogP contribution in [0, 0.1) is 13.8 Å². The number of hydrogen-bond donors (Lipinski definition) is 2. The highest BCUT2D eigenvalue weighted by Gasteiger charge is 2.11. The summed E-state index contributed by atoms with van der Waals surface area (Å²) in [5.41, 5.74) is 1.85. The zero-order valence-electron chi connectivity index (χ0n) is 12.7. The predicted octanol–water partition coefficient (Wildman–Crippen LogP) is 1.92. The number of ether oxygens (including phenoxy) is 1. The van der Waals surface area contributed by atoms with Crippen molar-refractivity contribution in [3.05, 3.63) is 17.0 Å². The van der Waals surface area contributed by atoms with E-state index in [1.54, 1.807) is 0 Å². The third-order valence-corrected chi connectivity index (χ3v) is 2.94. The number of nitrogens with one attached hydrogen (secondary N) is 2. The molecule has 2 aromatic heterocycles. The molecule has 0 aliphatic carbocycles. The first kappa shape index (κ1) is 15.0. The molecule has 0 spiro atoms. The molecule has 21 heavy (non-hydrogen) atoms. The van der Waals surface area contributed by atoms with Gasteiger partial charge in [-0.2, -0.15) is 15.0 Å². The normalized spacial score (nSPS) is 10.5. The third-order valence-electron chi connectivity index (χ3n) is 2.94. The molecule has 114 valence electrons. The molecule has 0 saturated carbocycles. The van der Waals surface area contributed by atoms with Gasteiger partial charge in [-0.25, -0.2) is 0 Å². The van der Waals surface area contributed by atoms with E-state index in [2.05, 4.69) is 37.7 Å². The monoisotopic (exact) mass is 292 g/mol. The zero-order valence-corrected chi connectivity index (χ0v) is 12.7. The highest BCUT2D eigenvalue weighted by atomic mass is 16.5. The first-order valence-corrected chi connectivity index (χ1v) is 6.83. The van der Waals surface area contributed by atoms with Crippen LogP contribution in [0.3, 0.4) is 0 Å². The Kier molecular flexibility index (Phi) is 4.91. The third kappa shape index (κ3) is 3.80. The average molecular weight is 292 g/mol. The minimum absolute atomic E-state index is 0.268. The molecule has 0 amide bonds. The number of aryl methyl sites for hydroxylation is 2. The van der Waals surface area contributed by atoms with Crippen molar-refractivity contribution in [2.45, 2.75) is 33.7 Å². The van der Waals surface area contributed by atoms with E-state index in [0.29, 0.717) is 18.4 Å². The Bertz CT molecular complexity index is 579. The van der Waals surface area contributed by atoms with E-state index < -0.39 is 0 Å². The van der Waals surface area contributed by atoms with E-state index in [9.17, 15) is 0 Å². The van der Waals surface area contributed by atoms with Gasteiger partial charge in [0.2, 0.25) is 11.9 Å². The number of anilines is 2. The fourth-order valence-corrected chi connectivity index (χ4v) is 1.76. The van der Waals surface area contributed by atoms with E-state index in [-0.39, 0.29) is 6.01 Å². The van der Waals surface area contributed by atoms with Gasteiger partial charge in [0.15, 0.2) is 0 Å². The van der Waals surface area contributed by atoms with Crippen LogP contribution < -0.4 is 15.4 Å². The van der Waals surface area contributed by atoms with Crippen molar-refractivity contribution in [2.24, 2.45) is 0 Å². The molecule has 0 aliphatic rings. The van der Waals surface area contributed by atoms with Crippen LogP contribution in [0.4, 0.5) is 11.9 Å². The van der Waals surface area contributed by atoms with Crippen molar-refractivity contribution < 1.29 is 9.26 Å². The van der Waals surface area contributed by atoms with Crippen molar-refractivity contribution in [1.29, 1.82) is 0 Å². The van der Waals surface area contributed by atoms with Gasteiger partial charge in [-0.3, -0.25) is 0 Å². The van der Waals surface area contributed by atoms with E-state index >= 15 is 0 Å². The first-order chi connectivity index (χ1) is 10.1. The van der Waals surface area contributed by atoms with Gasteiger partial charge < -0.3 is 19.9 Å². The number of nitrogens with zero attached hydrogens (tertiary/aromatic N) is 4. The molecule has 8 heteroatoms. The summed E-state index contributed by atoms with van der Waals surface area (Å²) >= 11 is 0. The van der Waals surface area contributed by atoms with Crippen molar-refractivity contribution in [1.82, 2.24) is 20.1 Å². The lowest BCUT2D eigenvalue weighted by atomic mass is 10.2. The van der Waals surface area contributed by atoms with Crippen LogP contribution in [-0.4, -0.2) is 33.8 Å². The van der Waals surface area contributed by atoms with Crippen molar-refractivity contribution >= 4 is 11.9 Å². The lowest BCUT2D eigenvalue weighted by Crippen LogP contribution is -2.11. The molecule has 0 unspecified atom stereocenters. The highest BCUT2D eigenvalue weighted by molar-refractivity contribution is 5.37. The molecule has 8 nitrogen and oxygen atoms in total. The second kappa shape index (κ2) is 6.87. The summed E-state index contributed by atoms with van der Waals surface area (Å²) in [6.45, 7) is 7.16. The van der Waals surface area contributed by atoms with Crippen LogP contribution in [0.25, 0.3) is 0 Å². The Morgan fingerprint density at radius 2 is 1.81 bits per heavy atom. The summed E-state index contributed by atoms with van der Waals surface area (Å²) in [7, 11) is 1.52. The van der Waals surface area contributed by atoms with Crippen molar-refractivity contribution in [3.8, 4) is 6.01 Å². The van der Waals surface area contributed by atoms with Crippen molar-refractivity contribution in [3.63, 3.8) is 0 Å². The number of aromatic nitrogens is 4. The lowest BCUT2D eigenvalue weighted by Gasteiger charge is -2.08. The second-order valence-electron chi connectivity index (χ2n) is 4.55. The Balaban J connectivity index is 2.11. The minimum Gasteiger partial charge on any atom is -0.467 e. The molecule has 0 bridgehead atoms. The van der Waals surface area contributed by atoms with E-state index in [1.165, 1.54) is 7.11 Å². The molecule has 0 fully saturated rings. The topological polar surface area (TPSA) is 98.0 Å².